The van der Waals surface area contributed by atoms with Crippen molar-refractivity contribution in [1.82, 2.24) is 0 Å². The Morgan fingerprint density at radius 3 is 2.45 bits per heavy atom. The summed E-state index contributed by atoms with van der Waals surface area (Å²) in [6.45, 7) is 2.43. The first-order valence-electron chi connectivity index (χ1n) is 11.2. The van der Waals surface area contributed by atoms with Crippen LogP contribution >= 0.6 is 0 Å². The summed E-state index contributed by atoms with van der Waals surface area (Å²) in [6.07, 6.45) is 4.02. The molecule has 0 spiro atoms. The number of hydrogen-bond acceptors (Lipinski definition) is 4. The summed E-state index contributed by atoms with van der Waals surface area (Å²) in [5.74, 6) is 0.155. The molecule has 1 aliphatic heterocycles. The summed E-state index contributed by atoms with van der Waals surface area (Å²) in [7, 11) is -3.65. The third-order valence-corrected chi connectivity index (χ3v) is 7.51. The maximum Gasteiger partial charge on any atom is 0.264 e. The molecule has 1 heterocycles. The van der Waals surface area contributed by atoms with Crippen LogP contribution in [0.4, 0.5) is 11.4 Å². The maximum absolute atomic E-state index is 13.1. The Morgan fingerprint density at radius 2 is 1.73 bits per heavy atom. The van der Waals surface area contributed by atoms with Crippen LogP contribution in [0.2, 0.25) is 0 Å². The van der Waals surface area contributed by atoms with Gasteiger partial charge in [-0.25, -0.2) is 8.42 Å². The lowest BCUT2D eigenvalue weighted by Crippen LogP contribution is -2.29. The number of amides is 1. The topological polar surface area (TPSA) is 75.7 Å². The van der Waals surface area contributed by atoms with Gasteiger partial charge in [0.2, 0.25) is 0 Å². The van der Waals surface area contributed by atoms with Crippen LogP contribution in [0.5, 0.6) is 5.75 Å². The normalized spacial score (nSPS) is 12.9. The number of carbonyl (C=O) groups is 1. The molecule has 0 saturated heterocycles. The molecule has 0 radical (unpaired) electrons. The van der Waals surface area contributed by atoms with Gasteiger partial charge < -0.3 is 10.1 Å². The van der Waals surface area contributed by atoms with Crippen LogP contribution < -0.4 is 14.4 Å². The number of aryl methyl sites for hydroxylation is 1. The number of para-hydroxylation sites is 1. The lowest BCUT2D eigenvalue weighted by atomic mass is 10.1. The van der Waals surface area contributed by atoms with Crippen molar-refractivity contribution >= 4 is 27.3 Å². The summed E-state index contributed by atoms with van der Waals surface area (Å²) in [5, 5.41) is 2.81. The van der Waals surface area contributed by atoms with E-state index < -0.39 is 10.0 Å². The zero-order valence-electron chi connectivity index (χ0n) is 18.7. The van der Waals surface area contributed by atoms with Gasteiger partial charge in [0.05, 0.1) is 10.6 Å². The van der Waals surface area contributed by atoms with Crippen molar-refractivity contribution < 1.29 is 17.9 Å². The monoisotopic (exact) mass is 464 g/mol. The zero-order valence-corrected chi connectivity index (χ0v) is 19.5. The van der Waals surface area contributed by atoms with Crippen molar-refractivity contribution in [1.29, 1.82) is 0 Å². The fourth-order valence-electron chi connectivity index (χ4n) is 3.87. The van der Waals surface area contributed by atoms with Crippen LogP contribution in [-0.4, -0.2) is 27.5 Å². The van der Waals surface area contributed by atoms with Gasteiger partial charge in [-0.05, 0) is 72.9 Å². The number of rotatable bonds is 9. The molecule has 3 aromatic carbocycles. The molecule has 1 N–H and O–H groups in total. The first kappa shape index (κ1) is 22.9. The average Bonchev–Trinajstić information content (AvgIpc) is 3.28. The van der Waals surface area contributed by atoms with Crippen LogP contribution in [0, 0.1) is 0 Å². The Kier molecular flexibility index (Phi) is 6.99. The van der Waals surface area contributed by atoms with E-state index in [0.29, 0.717) is 18.7 Å². The number of unbranched alkanes of at least 4 members (excludes halogenated alkanes) is 1. The second-order valence-electron chi connectivity index (χ2n) is 8.06. The Hall–Kier alpha value is -3.32. The van der Waals surface area contributed by atoms with Crippen molar-refractivity contribution in [2.24, 2.45) is 0 Å². The highest BCUT2D eigenvalue weighted by atomic mass is 32.2. The van der Waals surface area contributed by atoms with E-state index in [4.69, 9.17) is 4.74 Å². The van der Waals surface area contributed by atoms with Gasteiger partial charge in [0, 0.05) is 12.2 Å². The van der Waals surface area contributed by atoms with E-state index in [2.05, 4.69) is 12.2 Å². The minimum absolute atomic E-state index is 0.164. The molecule has 3 aromatic rings. The maximum atomic E-state index is 13.1. The molecule has 4 rings (SSSR count). The van der Waals surface area contributed by atoms with Crippen LogP contribution in [-0.2, 0) is 27.7 Å². The molecular weight excluding hydrogens is 436 g/mol. The largest absolute Gasteiger partial charge is 0.484 e. The average molecular weight is 465 g/mol. The Balaban J connectivity index is 1.33. The zero-order chi connectivity index (χ0) is 23.3. The van der Waals surface area contributed by atoms with Crippen LogP contribution in [0.3, 0.4) is 0 Å². The fourth-order valence-corrected chi connectivity index (χ4v) is 5.38. The minimum Gasteiger partial charge on any atom is -0.484 e. The summed E-state index contributed by atoms with van der Waals surface area (Å²) in [6, 6.07) is 21.5. The Labute approximate surface area is 195 Å². The smallest absolute Gasteiger partial charge is 0.264 e. The standard InChI is InChI=1S/C26H28N2O4S/c1-2-3-6-20-9-11-22(12-10-20)27-26(29)19-32-23-13-15-24(16-14-23)33(30,31)28-18-17-21-7-4-5-8-25(21)28/h4-5,7-16H,2-3,6,17-19H2,1H3,(H,27,29). The molecule has 0 aliphatic carbocycles. The molecule has 0 fully saturated rings. The molecule has 1 aliphatic rings. The van der Waals surface area contributed by atoms with Gasteiger partial charge in [0.25, 0.3) is 15.9 Å². The number of carbonyl (C=O) groups excluding carboxylic acids is 1. The number of nitrogens with zero attached hydrogens (tertiary/aromatic N) is 1. The molecule has 172 valence electrons. The van der Waals surface area contributed by atoms with E-state index >= 15 is 0 Å². The van der Waals surface area contributed by atoms with Crippen LogP contribution in [0.15, 0.2) is 77.7 Å². The Morgan fingerprint density at radius 1 is 1.00 bits per heavy atom. The van der Waals surface area contributed by atoms with Crippen LogP contribution in [0.1, 0.15) is 30.9 Å². The molecule has 0 bridgehead atoms. The predicted molar refractivity (Wildman–Crippen MR) is 130 cm³/mol. The molecule has 6 nitrogen and oxygen atoms in total. The van der Waals surface area contributed by atoms with Gasteiger partial charge in [-0.15, -0.1) is 0 Å². The van der Waals surface area contributed by atoms with E-state index in [0.717, 1.165) is 36.2 Å². The van der Waals surface area contributed by atoms with E-state index in [1.807, 2.05) is 48.5 Å². The van der Waals surface area contributed by atoms with Crippen molar-refractivity contribution in [3.8, 4) is 5.75 Å². The molecule has 0 aromatic heterocycles. The van der Waals surface area contributed by atoms with Crippen molar-refractivity contribution in [3.63, 3.8) is 0 Å². The molecular formula is C26H28N2O4S. The second-order valence-corrected chi connectivity index (χ2v) is 9.93. The van der Waals surface area contributed by atoms with E-state index in [-0.39, 0.29) is 17.4 Å². The summed E-state index contributed by atoms with van der Waals surface area (Å²) < 4.78 is 33.2. The third-order valence-electron chi connectivity index (χ3n) is 5.68. The summed E-state index contributed by atoms with van der Waals surface area (Å²) in [4.78, 5) is 12.4. The van der Waals surface area contributed by atoms with Crippen LogP contribution in [0.25, 0.3) is 0 Å². The third kappa shape index (κ3) is 5.37. The molecule has 0 atom stereocenters. The highest BCUT2D eigenvalue weighted by Gasteiger charge is 2.30. The lowest BCUT2D eigenvalue weighted by Gasteiger charge is -2.19. The number of hydrogen-bond donors (Lipinski definition) is 1. The first-order chi connectivity index (χ1) is 16.0. The summed E-state index contributed by atoms with van der Waals surface area (Å²) >= 11 is 0. The van der Waals surface area contributed by atoms with E-state index in [9.17, 15) is 13.2 Å². The van der Waals surface area contributed by atoms with Crippen molar-refractivity contribution in [2.75, 3.05) is 22.8 Å². The quantitative estimate of drug-likeness (QED) is 0.494. The van der Waals surface area contributed by atoms with Gasteiger partial charge in [0.1, 0.15) is 5.75 Å². The molecule has 1 amide bonds. The van der Waals surface area contributed by atoms with Gasteiger partial charge in [-0.2, -0.15) is 0 Å². The molecule has 33 heavy (non-hydrogen) atoms. The number of ether oxygens (including phenoxy) is 1. The minimum atomic E-state index is -3.65. The van der Waals surface area contributed by atoms with Gasteiger partial charge in [-0.1, -0.05) is 43.7 Å². The summed E-state index contributed by atoms with van der Waals surface area (Å²) in [5.41, 5.74) is 3.73. The number of benzene rings is 3. The fraction of sp³-hybridized carbons (Fsp3) is 0.269. The molecule has 7 heteroatoms. The van der Waals surface area contributed by atoms with E-state index in [1.54, 1.807) is 12.1 Å². The lowest BCUT2D eigenvalue weighted by molar-refractivity contribution is -0.118. The van der Waals surface area contributed by atoms with E-state index in [1.165, 1.54) is 22.0 Å². The number of anilines is 2. The molecule has 0 saturated carbocycles. The van der Waals surface area contributed by atoms with Gasteiger partial charge >= 0.3 is 0 Å². The highest BCUT2D eigenvalue weighted by Crippen LogP contribution is 2.33. The SMILES string of the molecule is CCCCc1ccc(NC(=O)COc2ccc(S(=O)(=O)N3CCc4ccccc43)cc2)cc1. The molecule has 0 unspecified atom stereocenters. The van der Waals surface area contributed by atoms with Gasteiger partial charge in [0.15, 0.2) is 6.61 Å². The van der Waals surface area contributed by atoms with Gasteiger partial charge in [-0.3, -0.25) is 9.10 Å². The van der Waals surface area contributed by atoms with Crippen molar-refractivity contribution in [3.05, 3.63) is 83.9 Å². The Bertz CT molecular complexity index is 1210. The second kappa shape index (κ2) is 10.1. The first-order valence-corrected chi connectivity index (χ1v) is 12.6. The number of fused-ring (bicyclic) bond motifs is 1. The number of sulfonamides is 1. The highest BCUT2D eigenvalue weighted by molar-refractivity contribution is 7.92. The number of nitrogens with one attached hydrogen (secondary N) is 1. The predicted octanol–water partition coefficient (Wildman–Crippen LogP) is 4.80. The van der Waals surface area contributed by atoms with Crippen molar-refractivity contribution in [2.45, 2.75) is 37.5 Å².